The van der Waals surface area contributed by atoms with Crippen molar-refractivity contribution in [2.24, 2.45) is 0 Å². The van der Waals surface area contributed by atoms with Gasteiger partial charge in [-0.25, -0.2) is 19.2 Å². The molecule has 3 aromatic rings. The van der Waals surface area contributed by atoms with Crippen LogP contribution in [0.25, 0.3) is 11.4 Å². The Morgan fingerprint density at radius 3 is 1.93 bits per heavy atom. The Kier molecular flexibility index (Phi) is 14.2. The molecule has 1 aromatic heterocycles. The molecule has 0 bridgehead atoms. The van der Waals surface area contributed by atoms with Crippen LogP contribution in [0.5, 0.6) is 11.5 Å². The minimum atomic E-state index is -0.751. The number of aromatic nitrogens is 2. The van der Waals surface area contributed by atoms with Crippen LogP contribution in [0.3, 0.4) is 0 Å². The number of rotatable bonds is 19. The largest absolute Gasteiger partial charge is 0.493 e. The fourth-order valence-electron chi connectivity index (χ4n) is 4.58. The molecular formula is C34H45FN2O3. The molecule has 0 aliphatic heterocycles. The molecule has 0 atom stereocenters. The van der Waals surface area contributed by atoms with Gasteiger partial charge in [0.15, 0.2) is 5.82 Å². The van der Waals surface area contributed by atoms with Crippen LogP contribution in [0.2, 0.25) is 0 Å². The van der Waals surface area contributed by atoms with Crippen molar-refractivity contribution in [3.8, 4) is 22.9 Å². The molecule has 0 aliphatic carbocycles. The minimum absolute atomic E-state index is 0.128. The number of ether oxygens (including phenoxy) is 2. The Balaban J connectivity index is 1.43. The van der Waals surface area contributed by atoms with E-state index >= 15 is 0 Å². The average molecular weight is 549 g/mol. The highest BCUT2D eigenvalue weighted by atomic mass is 19.1. The molecular weight excluding hydrogens is 503 g/mol. The van der Waals surface area contributed by atoms with Crippen molar-refractivity contribution < 1.29 is 18.7 Å². The highest BCUT2D eigenvalue weighted by Crippen LogP contribution is 2.23. The van der Waals surface area contributed by atoms with Crippen molar-refractivity contribution >= 4 is 5.97 Å². The first kappa shape index (κ1) is 31.3. The summed E-state index contributed by atoms with van der Waals surface area (Å²) in [5.74, 6) is -0.0514. The number of nitrogens with zero attached hydrogens (tertiary/aromatic N) is 2. The Morgan fingerprint density at radius 2 is 1.30 bits per heavy atom. The van der Waals surface area contributed by atoms with Crippen LogP contribution in [0, 0.1) is 5.82 Å². The predicted octanol–water partition coefficient (Wildman–Crippen LogP) is 9.53. The molecule has 0 spiro atoms. The molecule has 0 unspecified atom stereocenters. The number of hydrogen-bond donors (Lipinski definition) is 0. The van der Waals surface area contributed by atoms with Crippen LogP contribution >= 0.6 is 0 Å². The van der Waals surface area contributed by atoms with Crippen molar-refractivity contribution in [3.05, 3.63) is 71.8 Å². The fraction of sp³-hybridized carbons (Fsp3) is 0.500. The third-order valence-electron chi connectivity index (χ3n) is 7.02. The molecule has 3 rings (SSSR count). The molecule has 5 nitrogen and oxygen atoms in total. The van der Waals surface area contributed by atoms with E-state index in [1.165, 1.54) is 76.3 Å². The quantitative estimate of drug-likeness (QED) is 0.0848. The SMILES string of the molecule is CCCCCCCCCOc1ccc(C(=O)Oc2ccc(-c3ncc(CCCCCCCC)cn3)cc2)c(F)c1. The highest BCUT2D eigenvalue weighted by molar-refractivity contribution is 5.91. The van der Waals surface area contributed by atoms with E-state index < -0.39 is 11.8 Å². The van der Waals surface area contributed by atoms with Crippen LogP contribution < -0.4 is 9.47 Å². The summed E-state index contributed by atoms with van der Waals surface area (Å²) in [7, 11) is 0. The zero-order valence-electron chi connectivity index (χ0n) is 24.3. The van der Waals surface area contributed by atoms with Gasteiger partial charge < -0.3 is 9.47 Å². The number of benzene rings is 2. The lowest BCUT2D eigenvalue weighted by atomic mass is 10.1. The number of carbonyl (C=O) groups excluding carboxylic acids is 1. The molecule has 0 aliphatic rings. The molecule has 40 heavy (non-hydrogen) atoms. The van der Waals surface area contributed by atoms with Crippen molar-refractivity contribution in [2.75, 3.05) is 6.61 Å². The Bertz CT molecular complexity index is 1130. The monoisotopic (exact) mass is 548 g/mol. The molecule has 216 valence electrons. The standard InChI is InChI=1S/C34H45FN2O3/c1-3-5-7-9-11-13-15-23-39-30-21-22-31(32(35)24-30)34(38)40-29-19-17-28(18-20-29)33-36-25-27(26-37-33)16-14-12-10-8-6-4-2/h17-22,24-26H,3-16,23H2,1-2H3. The third-order valence-corrected chi connectivity index (χ3v) is 7.02. The van der Waals surface area contributed by atoms with Crippen molar-refractivity contribution in [1.82, 2.24) is 9.97 Å². The molecule has 0 radical (unpaired) electrons. The fourth-order valence-corrected chi connectivity index (χ4v) is 4.58. The Hall–Kier alpha value is -3.28. The number of aryl methyl sites for hydroxylation is 1. The number of carbonyl (C=O) groups is 1. The maximum Gasteiger partial charge on any atom is 0.346 e. The van der Waals surface area contributed by atoms with Gasteiger partial charge in [-0.2, -0.15) is 0 Å². The van der Waals surface area contributed by atoms with Gasteiger partial charge in [-0.1, -0.05) is 84.5 Å². The first-order chi connectivity index (χ1) is 19.6. The summed E-state index contributed by atoms with van der Waals surface area (Å²) in [6, 6.07) is 11.2. The third kappa shape index (κ3) is 11.1. The van der Waals surface area contributed by atoms with E-state index in [0.717, 1.165) is 36.8 Å². The van der Waals surface area contributed by atoms with Gasteiger partial charge >= 0.3 is 5.97 Å². The molecule has 0 saturated heterocycles. The molecule has 0 N–H and O–H groups in total. The first-order valence-electron chi connectivity index (χ1n) is 15.2. The second-order valence-corrected chi connectivity index (χ2v) is 10.5. The van der Waals surface area contributed by atoms with Gasteiger partial charge in [0.1, 0.15) is 17.3 Å². The van der Waals surface area contributed by atoms with Crippen molar-refractivity contribution in [3.63, 3.8) is 0 Å². The van der Waals surface area contributed by atoms with Gasteiger partial charge in [0.2, 0.25) is 0 Å². The number of unbranched alkanes of at least 4 members (excludes halogenated alkanes) is 11. The smallest absolute Gasteiger partial charge is 0.346 e. The molecule has 0 saturated carbocycles. The Labute approximate surface area is 239 Å². The van der Waals surface area contributed by atoms with Crippen LogP contribution in [0.1, 0.15) is 113 Å². The maximum absolute atomic E-state index is 14.6. The number of esters is 1. The van der Waals surface area contributed by atoms with Crippen molar-refractivity contribution in [1.29, 1.82) is 0 Å². The summed E-state index contributed by atoms with van der Waals surface area (Å²) >= 11 is 0. The van der Waals surface area contributed by atoms with Gasteiger partial charge in [-0.15, -0.1) is 0 Å². The normalized spacial score (nSPS) is 11.0. The lowest BCUT2D eigenvalue weighted by Crippen LogP contribution is -2.11. The summed E-state index contributed by atoms with van der Waals surface area (Å²) in [6.45, 7) is 4.98. The van der Waals surface area contributed by atoms with Gasteiger partial charge in [-0.3, -0.25) is 0 Å². The Morgan fingerprint density at radius 1 is 0.725 bits per heavy atom. The summed E-state index contributed by atoms with van der Waals surface area (Å²) in [5, 5.41) is 0. The van der Waals surface area contributed by atoms with E-state index in [-0.39, 0.29) is 5.56 Å². The maximum atomic E-state index is 14.6. The molecule has 0 fully saturated rings. The topological polar surface area (TPSA) is 61.3 Å². The van der Waals surface area contributed by atoms with Gasteiger partial charge in [0.05, 0.1) is 12.2 Å². The van der Waals surface area contributed by atoms with E-state index in [1.807, 2.05) is 12.4 Å². The molecule has 6 heteroatoms. The summed E-state index contributed by atoms with van der Waals surface area (Å²) in [4.78, 5) is 21.6. The number of hydrogen-bond acceptors (Lipinski definition) is 5. The molecule has 0 amide bonds. The van der Waals surface area contributed by atoms with Crippen LogP contribution in [-0.2, 0) is 6.42 Å². The molecule has 2 aromatic carbocycles. The van der Waals surface area contributed by atoms with Crippen molar-refractivity contribution in [2.45, 2.75) is 104 Å². The second kappa shape index (κ2) is 18.1. The predicted molar refractivity (Wildman–Crippen MR) is 159 cm³/mol. The van der Waals surface area contributed by atoms with Gasteiger partial charge in [-0.05, 0) is 61.2 Å². The summed E-state index contributed by atoms with van der Waals surface area (Å²) < 4.78 is 25.7. The van der Waals surface area contributed by atoms with E-state index in [0.29, 0.717) is 23.9 Å². The summed E-state index contributed by atoms with van der Waals surface area (Å²) in [5.41, 5.74) is 1.83. The summed E-state index contributed by atoms with van der Waals surface area (Å²) in [6.07, 6.45) is 20.6. The lowest BCUT2D eigenvalue weighted by molar-refractivity contribution is 0.0730. The zero-order chi connectivity index (χ0) is 28.4. The van der Waals surface area contributed by atoms with Crippen LogP contribution in [-0.4, -0.2) is 22.5 Å². The van der Waals surface area contributed by atoms with E-state index in [9.17, 15) is 9.18 Å². The second-order valence-electron chi connectivity index (χ2n) is 10.5. The number of halogens is 1. The van der Waals surface area contributed by atoms with E-state index in [1.54, 1.807) is 30.3 Å². The lowest BCUT2D eigenvalue weighted by Gasteiger charge is -2.09. The first-order valence-corrected chi connectivity index (χ1v) is 15.2. The van der Waals surface area contributed by atoms with Gasteiger partial charge in [0, 0.05) is 24.0 Å². The van der Waals surface area contributed by atoms with E-state index in [2.05, 4.69) is 23.8 Å². The average Bonchev–Trinajstić information content (AvgIpc) is 2.97. The zero-order valence-corrected chi connectivity index (χ0v) is 24.3. The minimum Gasteiger partial charge on any atom is -0.493 e. The molecule has 1 heterocycles. The van der Waals surface area contributed by atoms with Gasteiger partial charge in [0.25, 0.3) is 0 Å². The van der Waals surface area contributed by atoms with Crippen LogP contribution in [0.15, 0.2) is 54.9 Å². The van der Waals surface area contributed by atoms with Crippen LogP contribution in [0.4, 0.5) is 4.39 Å². The highest BCUT2D eigenvalue weighted by Gasteiger charge is 2.15. The van der Waals surface area contributed by atoms with E-state index in [4.69, 9.17) is 9.47 Å².